The first-order valence-electron chi connectivity index (χ1n) is 1.38. The monoisotopic (exact) mass is 83.0 g/mol. The standard InChI is InChI=1S/C4H3O2/c5-3-1-2-4-6/h1,3-4H. The summed E-state index contributed by atoms with van der Waals surface area (Å²) >= 11 is 0. The summed E-state index contributed by atoms with van der Waals surface area (Å²) < 4.78 is 0. The topological polar surface area (TPSA) is 34.1 Å². The molecule has 0 aliphatic carbocycles. The van der Waals surface area contributed by atoms with Crippen molar-refractivity contribution < 1.29 is 9.59 Å². The van der Waals surface area contributed by atoms with E-state index in [9.17, 15) is 9.59 Å². The van der Waals surface area contributed by atoms with E-state index in [2.05, 4.69) is 0 Å². The van der Waals surface area contributed by atoms with E-state index < -0.39 is 0 Å². The van der Waals surface area contributed by atoms with Gasteiger partial charge in [0, 0.05) is 6.08 Å². The van der Waals surface area contributed by atoms with Crippen molar-refractivity contribution in [3.63, 3.8) is 0 Å². The van der Waals surface area contributed by atoms with E-state index in [-0.39, 0.29) is 0 Å². The molecule has 2 nitrogen and oxygen atoms in total. The predicted octanol–water partition coefficient (Wildman–Crippen LogP) is -0.256. The predicted molar refractivity (Wildman–Crippen MR) is 19.9 cm³/mol. The van der Waals surface area contributed by atoms with Gasteiger partial charge in [0.1, 0.15) is 6.29 Å². The Morgan fingerprint density at radius 3 is 2.17 bits per heavy atom. The molecule has 0 amide bonds. The molecule has 0 saturated heterocycles. The minimum absolute atomic E-state index is 0.425. The zero-order valence-electron chi connectivity index (χ0n) is 3.05. The van der Waals surface area contributed by atoms with Crippen LogP contribution in [-0.4, -0.2) is 12.6 Å². The van der Waals surface area contributed by atoms with Crippen molar-refractivity contribution in [3.8, 4) is 0 Å². The van der Waals surface area contributed by atoms with Gasteiger partial charge >= 0.3 is 0 Å². The summed E-state index contributed by atoms with van der Waals surface area (Å²) in [6.45, 7) is 0. The van der Waals surface area contributed by atoms with E-state index in [1.165, 1.54) is 0 Å². The third-order valence-electron chi connectivity index (χ3n) is 0.232. The van der Waals surface area contributed by atoms with Gasteiger partial charge in [0.05, 0.1) is 0 Å². The maximum atomic E-state index is 9.29. The van der Waals surface area contributed by atoms with E-state index in [1.54, 1.807) is 0 Å². The summed E-state index contributed by atoms with van der Waals surface area (Å²) in [6, 6.07) is 0. The first kappa shape index (κ1) is 5.08. The zero-order chi connectivity index (χ0) is 4.83. The van der Waals surface area contributed by atoms with Gasteiger partial charge in [-0.1, -0.05) is 0 Å². The SMILES string of the molecule is O=C/[C]=C\C=O. The number of carbonyl (C=O) groups excluding carboxylic acids is 2. The minimum atomic E-state index is 0.425. The second-order valence-corrected chi connectivity index (χ2v) is 0.587. The van der Waals surface area contributed by atoms with Gasteiger partial charge in [-0.15, -0.1) is 0 Å². The Hall–Kier alpha value is -0.920. The fraction of sp³-hybridized carbons (Fsp3) is 0. The smallest absolute Gasteiger partial charge is 0.150 e. The molecule has 0 aliphatic heterocycles. The van der Waals surface area contributed by atoms with E-state index in [0.29, 0.717) is 12.6 Å². The molecule has 0 atom stereocenters. The van der Waals surface area contributed by atoms with Crippen LogP contribution in [-0.2, 0) is 9.59 Å². The molecule has 0 bridgehead atoms. The number of hydrogen-bond donors (Lipinski definition) is 0. The molecular weight excluding hydrogens is 80.0 g/mol. The van der Waals surface area contributed by atoms with Gasteiger partial charge in [0.2, 0.25) is 0 Å². The quantitative estimate of drug-likeness (QED) is 0.340. The lowest BCUT2D eigenvalue weighted by atomic mass is 10.6. The molecule has 0 heterocycles. The van der Waals surface area contributed by atoms with Gasteiger partial charge in [0.15, 0.2) is 6.29 Å². The lowest BCUT2D eigenvalue weighted by Crippen LogP contribution is -1.61. The van der Waals surface area contributed by atoms with Gasteiger partial charge in [-0.2, -0.15) is 0 Å². The van der Waals surface area contributed by atoms with Crippen LogP contribution < -0.4 is 0 Å². The summed E-state index contributed by atoms with van der Waals surface area (Å²) in [5.41, 5.74) is 0. The van der Waals surface area contributed by atoms with Gasteiger partial charge in [0.25, 0.3) is 0 Å². The van der Waals surface area contributed by atoms with Crippen LogP contribution in [0.1, 0.15) is 0 Å². The minimum Gasteiger partial charge on any atom is -0.299 e. The van der Waals surface area contributed by atoms with Crippen molar-refractivity contribution in [1.82, 2.24) is 0 Å². The molecule has 0 saturated carbocycles. The molecule has 1 radical (unpaired) electrons. The van der Waals surface area contributed by atoms with Crippen LogP contribution in [0.5, 0.6) is 0 Å². The van der Waals surface area contributed by atoms with E-state index >= 15 is 0 Å². The first-order valence-corrected chi connectivity index (χ1v) is 1.38. The van der Waals surface area contributed by atoms with Gasteiger partial charge in [-0.05, 0) is 6.08 Å². The molecule has 0 rings (SSSR count). The zero-order valence-corrected chi connectivity index (χ0v) is 3.05. The average Bonchev–Trinajstić information content (AvgIpc) is 1.61. The fourth-order valence-electron chi connectivity index (χ4n) is 0.0786. The molecule has 0 spiro atoms. The lowest BCUT2D eigenvalue weighted by Gasteiger charge is -1.51. The molecule has 0 aromatic rings. The third kappa shape index (κ3) is 3.08. The number of carbonyl (C=O) groups is 2. The van der Waals surface area contributed by atoms with Gasteiger partial charge in [-0.25, -0.2) is 0 Å². The highest BCUT2D eigenvalue weighted by atomic mass is 16.1. The van der Waals surface area contributed by atoms with Crippen LogP contribution in [0.2, 0.25) is 0 Å². The average molecular weight is 83.1 g/mol. The van der Waals surface area contributed by atoms with Crippen LogP contribution in [0.25, 0.3) is 0 Å². The Kier molecular flexibility index (Phi) is 3.45. The Morgan fingerprint density at radius 1 is 1.33 bits per heavy atom. The van der Waals surface area contributed by atoms with Crippen molar-refractivity contribution in [1.29, 1.82) is 0 Å². The Bertz CT molecular complexity index is 63.6. The molecule has 0 aliphatic rings. The second-order valence-electron chi connectivity index (χ2n) is 0.587. The highest BCUT2D eigenvalue weighted by Gasteiger charge is 1.58. The third-order valence-corrected chi connectivity index (χ3v) is 0.232. The molecule has 0 N–H and O–H groups in total. The molecule has 0 unspecified atom stereocenters. The van der Waals surface area contributed by atoms with Crippen molar-refractivity contribution in [2.75, 3.05) is 0 Å². The van der Waals surface area contributed by atoms with Crippen LogP contribution in [0, 0.1) is 6.08 Å². The van der Waals surface area contributed by atoms with E-state index in [0.717, 1.165) is 6.08 Å². The molecule has 2 heteroatoms. The van der Waals surface area contributed by atoms with Crippen molar-refractivity contribution in [2.45, 2.75) is 0 Å². The fourth-order valence-corrected chi connectivity index (χ4v) is 0.0786. The second kappa shape index (κ2) is 4.08. The highest BCUT2D eigenvalue weighted by Crippen LogP contribution is 1.50. The summed E-state index contributed by atoms with van der Waals surface area (Å²) in [4.78, 5) is 18.5. The van der Waals surface area contributed by atoms with Crippen LogP contribution in [0.15, 0.2) is 6.08 Å². The maximum Gasteiger partial charge on any atom is 0.150 e. The van der Waals surface area contributed by atoms with Crippen LogP contribution in [0.3, 0.4) is 0 Å². The maximum absolute atomic E-state index is 9.29. The normalized spacial score (nSPS) is 8.67. The van der Waals surface area contributed by atoms with Gasteiger partial charge < -0.3 is 0 Å². The van der Waals surface area contributed by atoms with Crippen molar-refractivity contribution in [2.24, 2.45) is 0 Å². The summed E-state index contributed by atoms with van der Waals surface area (Å²) in [7, 11) is 0. The molecular formula is C4H3O2. The van der Waals surface area contributed by atoms with E-state index in [4.69, 9.17) is 0 Å². The highest BCUT2D eigenvalue weighted by molar-refractivity contribution is 5.72. The van der Waals surface area contributed by atoms with Gasteiger partial charge in [-0.3, -0.25) is 9.59 Å². The number of allylic oxidation sites excluding steroid dienone is 2. The molecule has 0 fully saturated rings. The first-order chi connectivity index (χ1) is 2.91. The van der Waals surface area contributed by atoms with Crippen molar-refractivity contribution in [3.05, 3.63) is 12.2 Å². The Balaban J connectivity index is 3.17. The van der Waals surface area contributed by atoms with Crippen LogP contribution in [0.4, 0.5) is 0 Å². The summed E-state index contributed by atoms with van der Waals surface area (Å²) in [6.07, 6.45) is 3.95. The number of aldehydes is 2. The Labute approximate surface area is 35.5 Å². The largest absolute Gasteiger partial charge is 0.299 e. The Morgan fingerprint density at radius 2 is 2.00 bits per heavy atom. The summed E-state index contributed by atoms with van der Waals surface area (Å²) in [5.74, 6) is 0. The number of rotatable bonds is 2. The summed E-state index contributed by atoms with van der Waals surface area (Å²) in [5, 5.41) is 0. The molecule has 0 aromatic carbocycles. The van der Waals surface area contributed by atoms with E-state index in [1.807, 2.05) is 6.08 Å². The molecule has 31 valence electrons. The number of hydrogen-bond acceptors (Lipinski definition) is 2. The van der Waals surface area contributed by atoms with Crippen LogP contribution >= 0.6 is 0 Å². The lowest BCUT2D eigenvalue weighted by molar-refractivity contribution is -0.106. The molecule has 0 aromatic heterocycles. The van der Waals surface area contributed by atoms with Crippen molar-refractivity contribution >= 4 is 12.6 Å². The molecule has 6 heavy (non-hydrogen) atoms.